The van der Waals surface area contributed by atoms with Gasteiger partial charge in [0.1, 0.15) is 5.75 Å². The Morgan fingerprint density at radius 2 is 2.05 bits per heavy atom. The number of carbonyl (C=O) groups excluding carboxylic acids is 1. The highest BCUT2D eigenvalue weighted by Crippen LogP contribution is 2.27. The minimum absolute atomic E-state index is 0.0454. The highest BCUT2D eigenvalue weighted by atomic mass is 16.5. The van der Waals surface area contributed by atoms with Crippen molar-refractivity contribution in [3.63, 3.8) is 0 Å². The summed E-state index contributed by atoms with van der Waals surface area (Å²) < 4.78 is 5.24. The Hall–Kier alpha value is -1.91. The number of nitrogens with zero attached hydrogens (tertiary/aromatic N) is 1. The molecule has 1 aliphatic rings. The molecule has 0 aliphatic carbocycles. The van der Waals surface area contributed by atoms with Gasteiger partial charge in [0.2, 0.25) is 5.91 Å². The van der Waals surface area contributed by atoms with E-state index in [4.69, 9.17) is 10.5 Å². The summed E-state index contributed by atoms with van der Waals surface area (Å²) in [4.78, 5) is 13.3. The van der Waals surface area contributed by atoms with Gasteiger partial charge in [-0.2, -0.15) is 0 Å². The van der Waals surface area contributed by atoms with Gasteiger partial charge in [0.05, 0.1) is 7.11 Å². The number of nitrogen functional groups attached to an aromatic ring is 1. The van der Waals surface area contributed by atoms with Gasteiger partial charge in [-0.15, -0.1) is 0 Å². The summed E-state index contributed by atoms with van der Waals surface area (Å²) in [5.41, 5.74) is 7.66. The first-order valence-corrected chi connectivity index (χ1v) is 6.55. The minimum atomic E-state index is 0.0454. The molecule has 19 heavy (non-hydrogen) atoms. The molecule has 2 rings (SSSR count). The number of benzene rings is 1. The van der Waals surface area contributed by atoms with Gasteiger partial charge in [-0.25, -0.2) is 0 Å². The molecular formula is C14H21N3O2. The lowest BCUT2D eigenvalue weighted by atomic mass is 10.0. The van der Waals surface area contributed by atoms with E-state index in [0.29, 0.717) is 5.69 Å². The van der Waals surface area contributed by atoms with Crippen LogP contribution in [0.3, 0.4) is 0 Å². The van der Waals surface area contributed by atoms with Gasteiger partial charge in [0.15, 0.2) is 0 Å². The molecule has 1 aromatic rings. The van der Waals surface area contributed by atoms with E-state index in [9.17, 15) is 4.79 Å². The number of ether oxygens (including phenoxy) is 1. The second kappa shape index (κ2) is 5.82. The van der Waals surface area contributed by atoms with Crippen LogP contribution in [0.15, 0.2) is 18.2 Å². The van der Waals surface area contributed by atoms with Gasteiger partial charge >= 0.3 is 0 Å². The number of rotatable bonds is 3. The van der Waals surface area contributed by atoms with Gasteiger partial charge in [-0.3, -0.25) is 4.79 Å². The average Bonchev–Trinajstić information content (AvgIpc) is 2.38. The van der Waals surface area contributed by atoms with E-state index in [-0.39, 0.29) is 11.9 Å². The second-order valence-corrected chi connectivity index (χ2v) is 4.93. The number of nitrogens with one attached hydrogen (secondary N) is 1. The summed E-state index contributed by atoms with van der Waals surface area (Å²) in [6.45, 7) is 3.39. The number of nitrogens with two attached hydrogens (primary N) is 1. The predicted molar refractivity (Wildman–Crippen MR) is 76.5 cm³/mol. The molecule has 0 saturated carbocycles. The molecule has 0 radical (unpaired) electrons. The SMILES string of the molecule is COc1cc(N)cc(N2CCC(NC(C)=O)CC2)c1. The number of piperidine rings is 1. The molecule has 104 valence electrons. The van der Waals surface area contributed by atoms with Crippen LogP contribution < -0.4 is 20.7 Å². The maximum atomic E-state index is 11.0. The summed E-state index contributed by atoms with van der Waals surface area (Å²) in [5, 5.41) is 2.97. The van der Waals surface area contributed by atoms with E-state index < -0.39 is 0 Å². The van der Waals surface area contributed by atoms with Crippen LogP contribution in [0.2, 0.25) is 0 Å². The molecule has 1 amide bonds. The lowest BCUT2D eigenvalue weighted by molar-refractivity contribution is -0.119. The molecule has 0 aromatic heterocycles. The fourth-order valence-electron chi connectivity index (χ4n) is 2.48. The first kappa shape index (κ1) is 13.5. The standard InChI is InChI=1S/C14H21N3O2/c1-10(18)16-12-3-5-17(6-4-12)13-7-11(15)8-14(9-13)19-2/h7-9,12H,3-6,15H2,1-2H3,(H,16,18). The van der Waals surface area contributed by atoms with E-state index in [1.54, 1.807) is 14.0 Å². The Labute approximate surface area is 113 Å². The molecule has 1 aromatic carbocycles. The van der Waals surface area contributed by atoms with Gasteiger partial charge < -0.3 is 20.7 Å². The van der Waals surface area contributed by atoms with E-state index in [1.807, 2.05) is 18.2 Å². The van der Waals surface area contributed by atoms with E-state index in [1.165, 1.54) is 0 Å². The topological polar surface area (TPSA) is 67.6 Å². The van der Waals surface area contributed by atoms with Crippen molar-refractivity contribution in [2.24, 2.45) is 0 Å². The minimum Gasteiger partial charge on any atom is -0.497 e. The Morgan fingerprint density at radius 1 is 1.37 bits per heavy atom. The molecule has 1 fully saturated rings. The summed E-state index contributed by atoms with van der Waals surface area (Å²) in [6, 6.07) is 6.06. The van der Waals surface area contributed by atoms with Gasteiger partial charge in [0.25, 0.3) is 0 Å². The first-order valence-electron chi connectivity index (χ1n) is 6.55. The summed E-state index contributed by atoms with van der Waals surface area (Å²) >= 11 is 0. The van der Waals surface area contributed by atoms with Gasteiger partial charge in [0, 0.05) is 49.6 Å². The Balaban J connectivity index is 2.01. The van der Waals surface area contributed by atoms with Crippen LogP contribution in [0.1, 0.15) is 19.8 Å². The zero-order valence-corrected chi connectivity index (χ0v) is 11.5. The number of hydrogen-bond donors (Lipinski definition) is 2. The summed E-state index contributed by atoms with van der Waals surface area (Å²) in [6.07, 6.45) is 1.91. The lowest BCUT2D eigenvalue weighted by Crippen LogP contribution is -2.44. The number of methoxy groups -OCH3 is 1. The van der Waals surface area contributed by atoms with Crippen molar-refractivity contribution in [3.8, 4) is 5.75 Å². The summed E-state index contributed by atoms with van der Waals surface area (Å²) in [7, 11) is 1.64. The Kier molecular flexibility index (Phi) is 4.14. The molecule has 1 saturated heterocycles. The molecule has 0 unspecified atom stereocenters. The van der Waals surface area contributed by atoms with Crippen LogP contribution in [0.4, 0.5) is 11.4 Å². The molecule has 3 N–H and O–H groups in total. The number of amides is 1. The van der Waals surface area contributed by atoms with E-state index >= 15 is 0 Å². The van der Waals surface area contributed by atoms with Crippen LogP contribution >= 0.6 is 0 Å². The molecule has 5 nitrogen and oxygen atoms in total. The van der Waals surface area contributed by atoms with Crippen molar-refractivity contribution >= 4 is 17.3 Å². The number of carbonyl (C=O) groups is 1. The largest absolute Gasteiger partial charge is 0.497 e. The second-order valence-electron chi connectivity index (χ2n) is 4.93. The predicted octanol–water partition coefficient (Wildman–Crippen LogP) is 1.38. The third-order valence-corrected chi connectivity index (χ3v) is 3.42. The fraction of sp³-hybridized carbons (Fsp3) is 0.500. The molecule has 0 atom stereocenters. The lowest BCUT2D eigenvalue weighted by Gasteiger charge is -2.34. The van der Waals surface area contributed by atoms with E-state index in [2.05, 4.69) is 10.2 Å². The van der Waals surface area contributed by atoms with Crippen molar-refractivity contribution in [2.45, 2.75) is 25.8 Å². The van der Waals surface area contributed by atoms with Crippen LogP contribution in [0.25, 0.3) is 0 Å². The monoisotopic (exact) mass is 263 g/mol. The molecule has 1 heterocycles. The van der Waals surface area contributed by atoms with Crippen LogP contribution in [-0.4, -0.2) is 32.1 Å². The van der Waals surface area contributed by atoms with Crippen molar-refractivity contribution < 1.29 is 9.53 Å². The van der Waals surface area contributed by atoms with Crippen molar-refractivity contribution in [3.05, 3.63) is 18.2 Å². The average molecular weight is 263 g/mol. The normalized spacial score (nSPS) is 16.2. The number of anilines is 2. The third-order valence-electron chi connectivity index (χ3n) is 3.42. The van der Waals surface area contributed by atoms with Crippen molar-refractivity contribution in [1.29, 1.82) is 0 Å². The zero-order valence-electron chi connectivity index (χ0n) is 11.5. The Morgan fingerprint density at radius 3 is 2.63 bits per heavy atom. The smallest absolute Gasteiger partial charge is 0.217 e. The molecule has 5 heteroatoms. The molecule has 1 aliphatic heterocycles. The molecule has 0 bridgehead atoms. The van der Waals surface area contributed by atoms with Gasteiger partial charge in [-0.05, 0) is 18.9 Å². The highest BCUT2D eigenvalue weighted by Gasteiger charge is 2.20. The van der Waals surface area contributed by atoms with E-state index in [0.717, 1.165) is 37.4 Å². The van der Waals surface area contributed by atoms with Gasteiger partial charge in [-0.1, -0.05) is 0 Å². The Bertz CT molecular complexity index is 454. The zero-order chi connectivity index (χ0) is 13.8. The van der Waals surface area contributed by atoms with Crippen molar-refractivity contribution in [2.75, 3.05) is 30.8 Å². The maximum absolute atomic E-state index is 11.0. The maximum Gasteiger partial charge on any atom is 0.217 e. The van der Waals surface area contributed by atoms with Crippen LogP contribution in [0.5, 0.6) is 5.75 Å². The quantitative estimate of drug-likeness (QED) is 0.809. The molecular weight excluding hydrogens is 242 g/mol. The fourth-order valence-corrected chi connectivity index (χ4v) is 2.48. The highest BCUT2D eigenvalue weighted by molar-refractivity contribution is 5.73. The van der Waals surface area contributed by atoms with Crippen LogP contribution in [-0.2, 0) is 4.79 Å². The number of hydrogen-bond acceptors (Lipinski definition) is 4. The first-order chi connectivity index (χ1) is 9.08. The van der Waals surface area contributed by atoms with Crippen molar-refractivity contribution in [1.82, 2.24) is 5.32 Å². The van der Waals surface area contributed by atoms with Crippen LogP contribution in [0, 0.1) is 0 Å². The molecule has 0 spiro atoms. The third kappa shape index (κ3) is 3.53. The summed E-state index contributed by atoms with van der Waals surface area (Å²) in [5.74, 6) is 0.822.